The summed E-state index contributed by atoms with van der Waals surface area (Å²) in [5.41, 5.74) is 10.3. The number of methoxy groups -OCH3 is 1. The Balaban J connectivity index is 2.14. The molecule has 0 heterocycles. The van der Waals surface area contributed by atoms with E-state index in [1.807, 2.05) is 36.4 Å². The van der Waals surface area contributed by atoms with Gasteiger partial charge in [0.1, 0.15) is 5.75 Å². The van der Waals surface area contributed by atoms with Crippen molar-refractivity contribution < 1.29 is 13.2 Å². The lowest BCUT2D eigenvalue weighted by Gasteiger charge is -2.25. The van der Waals surface area contributed by atoms with E-state index in [4.69, 9.17) is 10.5 Å². The van der Waals surface area contributed by atoms with Crippen molar-refractivity contribution in [2.75, 3.05) is 23.8 Å². The SMILES string of the molecule is COc1c(-c2ccc3cc(NS(C)(=O)=O)ccc3c2)cc(N)cc1C(C)(C)C. The Bertz CT molecular complexity index is 1150. The Morgan fingerprint density at radius 3 is 2.21 bits per heavy atom. The number of hydrogen-bond acceptors (Lipinski definition) is 4. The Morgan fingerprint density at radius 1 is 0.964 bits per heavy atom. The normalized spacial score (nSPS) is 12.2. The lowest BCUT2D eigenvalue weighted by molar-refractivity contribution is 0.399. The molecule has 0 aromatic heterocycles. The molecule has 0 aliphatic carbocycles. The minimum atomic E-state index is -3.31. The predicted molar refractivity (Wildman–Crippen MR) is 118 cm³/mol. The van der Waals surface area contributed by atoms with Crippen molar-refractivity contribution in [3.05, 3.63) is 54.1 Å². The lowest BCUT2D eigenvalue weighted by atomic mass is 9.83. The smallest absolute Gasteiger partial charge is 0.229 e. The number of nitrogens with two attached hydrogens (primary N) is 1. The molecule has 0 spiro atoms. The number of hydrogen-bond donors (Lipinski definition) is 2. The van der Waals surface area contributed by atoms with Gasteiger partial charge in [-0.1, -0.05) is 39.0 Å². The number of sulfonamides is 1. The van der Waals surface area contributed by atoms with E-state index < -0.39 is 10.0 Å². The fourth-order valence-corrected chi connectivity index (χ4v) is 3.89. The average molecular weight is 399 g/mol. The second kappa shape index (κ2) is 7.02. The van der Waals surface area contributed by atoms with Gasteiger partial charge in [0, 0.05) is 22.5 Å². The van der Waals surface area contributed by atoms with Crippen LogP contribution in [0.2, 0.25) is 0 Å². The van der Waals surface area contributed by atoms with Crippen molar-refractivity contribution in [1.29, 1.82) is 0 Å². The van der Waals surface area contributed by atoms with E-state index in [-0.39, 0.29) is 5.41 Å². The standard InChI is InChI=1S/C22H26N2O3S/c1-22(2,3)20-13-17(23)12-19(21(20)27-4)16-7-6-15-11-18(24-28(5,25)26)9-8-14(15)10-16/h6-13,24H,23H2,1-5H3. The van der Waals surface area contributed by atoms with Crippen molar-refractivity contribution >= 4 is 32.2 Å². The highest BCUT2D eigenvalue weighted by Crippen LogP contribution is 2.41. The minimum Gasteiger partial charge on any atom is -0.496 e. The average Bonchev–Trinajstić information content (AvgIpc) is 2.58. The first-order chi connectivity index (χ1) is 13.0. The molecule has 6 heteroatoms. The topological polar surface area (TPSA) is 81.4 Å². The second-order valence-corrected chi connectivity index (χ2v) is 9.80. The van der Waals surface area contributed by atoms with Gasteiger partial charge < -0.3 is 10.5 Å². The molecule has 0 radical (unpaired) electrons. The zero-order chi connectivity index (χ0) is 20.7. The van der Waals surface area contributed by atoms with Gasteiger partial charge in [0.15, 0.2) is 0 Å². The number of nitrogens with one attached hydrogen (secondary N) is 1. The van der Waals surface area contributed by atoms with E-state index in [0.717, 1.165) is 39.5 Å². The Labute approximate surface area is 166 Å². The maximum atomic E-state index is 11.5. The van der Waals surface area contributed by atoms with Gasteiger partial charge in [-0.25, -0.2) is 8.42 Å². The van der Waals surface area contributed by atoms with Gasteiger partial charge in [-0.2, -0.15) is 0 Å². The van der Waals surface area contributed by atoms with Crippen LogP contribution >= 0.6 is 0 Å². The molecule has 148 valence electrons. The number of fused-ring (bicyclic) bond motifs is 1. The number of rotatable bonds is 4. The fraction of sp³-hybridized carbons (Fsp3) is 0.273. The molecule has 3 rings (SSSR count). The highest BCUT2D eigenvalue weighted by Gasteiger charge is 2.22. The molecule has 0 aliphatic rings. The maximum Gasteiger partial charge on any atom is 0.229 e. The molecule has 3 N–H and O–H groups in total. The van der Waals surface area contributed by atoms with Crippen molar-refractivity contribution in [3.63, 3.8) is 0 Å². The molecule has 0 saturated carbocycles. The number of benzene rings is 3. The summed E-state index contributed by atoms with van der Waals surface area (Å²) in [6, 6.07) is 15.4. The highest BCUT2D eigenvalue weighted by atomic mass is 32.2. The molecule has 0 saturated heterocycles. The lowest BCUT2D eigenvalue weighted by Crippen LogP contribution is -2.14. The zero-order valence-electron chi connectivity index (χ0n) is 16.8. The van der Waals surface area contributed by atoms with E-state index in [1.165, 1.54) is 0 Å². The number of ether oxygens (including phenoxy) is 1. The molecule has 3 aromatic rings. The largest absolute Gasteiger partial charge is 0.496 e. The van der Waals surface area contributed by atoms with Gasteiger partial charge in [0.2, 0.25) is 10.0 Å². The molecule has 5 nitrogen and oxygen atoms in total. The van der Waals surface area contributed by atoms with E-state index in [0.29, 0.717) is 11.4 Å². The van der Waals surface area contributed by atoms with E-state index in [2.05, 4.69) is 31.6 Å². The van der Waals surface area contributed by atoms with Crippen LogP contribution in [0.25, 0.3) is 21.9 Å². The summed E-state index contributed by atoms with van der Waals surface area (Å²) in [7, 11) is -1.63. The third kappa shape index (κ3) is 4.22. The molecule has 0 amide bonds. The minimum absolute atomic E-state index is 0.113. The van der Waals surface area contributed by atoms with Crippen molar-refractivity contribution in [2.45, 2.75) is 26.2 Å². The van der Waals surface area contributed by atoms with E-state index in [1.54, 1.807) is 13.2 Å². The van der Waals surface area contributed by atoms with Crippen LogP contribution < -0.4 is 15.2 Å². The van der Waals surface area contributed by atoms with Crippen LogP contribution in [0.1, 0.15) is 26.3 Å². The van der Waals surface area contributed by atoms with Crippen LogP contribution in [0.15, 0.2) is 48.5 Å². The first-order valence-electron chi connectivity index (χ1n) is 8.98. The van der Waals surface area contributed by atoms with Crippen LogP contribution in [0.3, 0.4) is 0 Å². The van der Waals surface area contributed by atoms with Crippen molar-refractivity contribution in [2.24, 2.45) is 0 Å². The summed E-state index contributed by atoms with van der Waals surface area (Å²) >= 11 is 0. The quantitative estimate of drug-likeness (QED) is 0.621. The summed E-state index contributed by atoms with van der Waals surface area (Å²) in [6.45, 7) is 6.39. The summed E-state index contributed by atoms with van der Waals surface area (Å²) in [5.74, 6) is 0.816. The van der Waals surface area contributed by atoms with Gasteiger partial charge in [-0.05, 0) is 52.1 Å². The maximum absolute atomic E-state index is 11.5. The predicted octanol–water partition coefficient (Wildman–Crippen LogP) is 4.77. The molecule has 0 atom stereocenters. The van der Waals surface area contributed by atoms with Gasteiger partial charge in [-0.3, -0.25) is 4.72 Å². The fourth-order valence-electron chi connectivity index (χ4n) is 3.33. The Kier molecular flexibility index (Phi) is 5.02. The van der Waals surface area contributed by atoms with Gasteiger partial charge >= 0.3 is 0 Å². The highest BCUT2D eigenvalue weighted by molar-refractivity contribution is 7.92. The van der Waals surface area contributed by atoms with Crippen LogP contribution in [-0.4, -0.2) is 21.8 Å². The molecule has 0 unspecified atom stereocenters. The first kappa shape index (κ1) is 20.0. The molecular formula is C22H26N2O3S. The molecule has 0 fully saturated rings. The zero-order valence-corrected chi connectivity index (χ0v) is 17.6. The van der Waals surface area contributed by atoms with Gasteiger partial charge in [0.05, 0.1) is 13.4 Å². The van der Waals surface area contributed by atoms with Crippen LogP contribution in [0, 0.1) is 0 Å². The van der Waals surface area contributed by atoms with E-state index in [9.17, 15) is 8.42 Å². The monoisotopic (exact) mass is 398 g/mol. The molecular weight excluding hydrogens is 372 g/mol. The van der Waals surface area contributed by atoms with Crippen LogP contribution in [0.4, 0.5) is 11.4 Å². The summed E-state index contributed by atoms with van der Waals surface area (Å²) in [4.78, 5) is 0. The van der Waals surface area contributed by atoms with Crippen LogP contribution in [-0.2, 0) is 15.4 Å². The van der Waals surface area contributed by atoms with Crippen LogP contribution in [0.5, 0.6) is 5.75 Å². The van der Waals surface area contributed by atoms with Gasteiger partial charge in [0.25, 0.3) is 0 Å². The molecule has 3 aromatic carbocycles. The van der Waals surface area contributed by atoms with Crippen molar-refractivity contribution in [1.82, 2.24) is 0 Å². The molecule has 0 bridgehead atoms. The number of anilines is 2. The Morgan fingerprint density at radius 2 is 1.61 bits per heavy atom. The first-order valence-corrected chi connectivity index (χ1v) is 10.9. The third-order valence-corrected chi connectivity index (χ3v) is 5.18. The summed E-state index contributed by atoms with van der Waals surface area (Å²) < 4.78 is 31.2. The second-order valence-electron chi connectivity index (χ2n) is 8.05. The van der Waals surface area contributed by atoms with E-state index >= 15 is 0 Å². The summed E-state index contributed by atoms with van der Waals surface area (Å²) in [5, 5.41) is 1.94. The molecule has 0 aliphatic heterocycles. The number of nitrogen functional groups attached to an aromatic ring is 1. The van der Waals surface area contributed by atoms with Gasteiger partial charge in [-0.15, -0.1) is 0 Å². The van der Waals surface area contributed by atoms with Crippen molar-refractivity contribution in [3.8, 4) is 16.9 Å². The summed E-state index contributed by atoms with van der Waals surface area (Å²) in [6.07, 6.45) is 1.14. The Hall–Kier alpha value is -2.73. The third-order valence-electron chi connectivity index (χ3n) is 4.58. The molecule has 28 heavy (non-hydrogen) atoms.